The van der Waals surface area contributed by atoms with Crippen LogP contribution in [0.15, 0.2) is 6.07 Å². The fourth-order valence-electron chi connectivity index (χ4n) is 2.08. The van der Waals surface area contributed by atoms with Gasteiger partial charge in [-0.3, -0.25) is 4.79 Å². The van der Waals surface area contributed by atoms with Crippen LogP contribution in [0.5, 0.6) is 5.88 Å². The minimum Gasteiger partial charge on any atom is -0.481 e. The number of nitrogens with zero attached hydrogens (tertiary/aromatic N) is 3. The van der Waals surface area contributed by atoms with Crippen molar-refractivity contribution in [2.45, 2.75) is 25.1 Å². The van der Waals surface area contributed by atoms with Crippen LogP contribution in [0.3, 0.4) is 0 Å². The van der Waals surface area contributed by atoms with Gasteiger partial charge >= 0.3 is 6.18 Å². The lowest BCUT2D eigenvalue weighted by Gasteiger charge is -2.23. The van der Waals surface area contributed by atoms with E-state index < -0.39 is 12.0 Å². The van der Waals surface area contributed by atoms with E-state index in [9.17, 15) is 18.0 Å². The monoisotopic (exact) mass is 304 g/mol. The molecule has 2 rings (SSSR count). The number of carbonyl (C=O) groups excluding carboxylic acids is 1. The Bertz CT molecular complexity index is 536. The Hall–Kier alpha value is -2.06. The number of hydrogen-bond donors (Lipinski definition) is 1. The zero-order valence-electron chi connectivity index (χ0n) is 11.6. The Kier molecular flexibility index (Phi) is 4.19. The maximum Gasteiger partial charge on any atom is 0.451 e. The van der Waals surface area contributed by atoms with Crippen LogP contribution in [-0.4, -0.2) is 42.6 Å². The first-order chi connectivity index (χ1) is 9.79. The molecular weight excluding hydrogens is 289 g/mol. The van der Waals surface area contributed by atoms with Gasteiger partial charge < -0.3 is 15.0 Å². The van der Waals surface area contributed by atoms with Crippen LogP contribution in [0.2, 0.25) is 0 Å². The van der Waals surface area contributed by atoms with Gasteiger partial charge in [-0.25, -0.2) is 4.98 Å². The van der Waals surface area contributed by atoms with Crippen LogP contribution in [0.4, 0.5) is 19.0 Å². The SMILES string of the molecule is COc1cc(N(C)C[C@@H]2CCC(=O)N2)nc(C(F)(F)F)n1. The van der Waals surface area contributed by atoms with Crippen molar-refractivity contribution in [2.75, 3.05) is 25.6 Å². The summed E-state index contributed by atoms with van der Waals surface area (Å²) in [6.07, 6.45) is -3.57. The highest BCUT2D eigenvalue weighted by Crippen LogP contribution is 2.29. The molecule has 9 heteroatoms. The van der Waals surface area contributed by atoms with Crippen LogP contribution in [0, 0.1) is 0 Å². The van der Waals surface area contributed by atoms with Gasteiger partial charge in [0, 0.05) is 32.1 Å². The summed E-state index contributed by atoms with van der Waals surface area (Å²) in [6.45, 7) is 0.364. The third-order valence-electron chi connectivity index (χ3n) is 3.12. The molecule has 0 aliphatic carbocycles. The van der Waals surface area contributed by atoms with Crippen molar-refractivity contribution in [3.05, 3.63) is 11.9 Å². The molecule has 0 bridgehead atoms. The molecule has 0 unspecified atom stereocenters. The van der Waals surface area contributed by atoms with Crippen LogP contribution < -0.4 is 15.0 Å². The van der Waals surface area contributed by atoms with E-state index in [0.29, 0.717) is 19.4 Å². The molecule has 21 heavy (non-hydrogen) atoms. The number of likely N-dealkylation sites (N-methyl/N-ethyl adjacent to an activating group) is 1. The van der Waals surface area contributed by atoms with E-state index in [2.05, 4.69) is 15.3 Å². The summed E-state index contributed by atoms with van der Waals surface area (Å²) in [5.41, 5.74) is 0. The number of methoxy groups -OCH3 is 1. The van der Waals surface area contributed by atoms with Gasteiger partial charge in [0.25, 0.3) is 0 Å². The number of hydrogen-bond acceptors (Lipinski definition) is 5. The topological polar surface area (TPSA) is 67.3 Å². The Morgan fingerprint density at radius 3 is 2.71 bits per heavy atom. The molecule has 1 fully saturated rings. The summed E-state index contributed by atoms with van der Waals surface area (Å²) in [6, 6.07) is 1.23. The third kappa shape index (κ3) is 3.73. The summed E-state index contributed by atoms with van der Waals surface area (Å²) >= 11 is 0. The number of alkyl halides is 3. The molecule has 0 saturated carbocycles. The maximum atomic E-state index is 12.7. The fourth-order valence-corrected chi connectivity index (χ4v) is 2.08. The Labute approximate surface area is 119 Å². The Balaban J connectivity index is 2.19. The first-order valence-corrected chi connectivity index (χ1v) is 6.30. The molecule has 1 saturated heterocycles. The van der Waals surface area contributed by atoms with E-state index in [0.717, 1.165) is 0 Å². The summed E-state index contributed by atoms with van der Waals surface area (Å²) in [4.78, 5) is 19.5. The van der Waals surface area contributed by atoms with Crippen LogP contribution in [0.25, 0.3) is 0 Å². The van der Waals surface area contributed by atoms with Gasteiger partial charge in [-0.1, -0.05) is 0 Å². The summed E-state index contributed by atoms with van der Waals surface area (Å²) in [5.74, 6) is -1.37. The van der Waals surface area contributed by atoms with Crippen molar-refractivity contribution >= 4 is 11.7 Å². The van der Waals surface area contributed by atoms with Gasteiger partial charge in [0.1, 0.15) is 5.82 Å². The van der Waals surface area contributed by atoms with Crippen molar-refractivity contribution < 1.29 is 22.7 Å². The molecule has 6 nitrogen and oxygen atoms in total. The van der Waals surface area contributed by atoms with Gasteiger partial charge in [-0.2, -0.15) is 18.2 Å². The van der Waals surface area contributed by atoms with Gasteiger partial charge in [0.2, 0.25) is 17.6 Å². The summed E-state index contributed by atoms with van der Waals surface area (Å²) in [5, 5.41) is 2.75. The van der Waals surface area contributed by atoms with Crippen molar-refractivity contribution in [1.82, 2.24) is 15.3 Å². The summed E-state index contributed by atoms with van der Waals surface area (Å²) in [7, 11) is 2.84. The second-order valence-electron chi connectivity index (χ2n) is 4.77. The van der Waals surface area contributed by atoms with E-state index in [1.54, 1.807) is 7.05 Å². The van der Waals surface area contributed by atoms with Crippen LogP contribution in [-0.2, 0) is 11.0 Å². The molecule has 1 aromatic heterocycles. The lowest BCUT2D eigenvalue weighted by atomic mass is 10.2. The van der Waals surface area contributed by atoms with Crippen molar-refractivity contribution in [3.63, 3.8) is 0 Å². The van der Waals surface area contributed by atoms with E-state index >= 15 is 0 Å². The number of aromatic nitrogens is 2. The molecule has 1 atom stereocenters. The molecule has 2 heterocycles. The van der Waals surface area contributed by atoms with Gasteiger partial charge in [0.15, 0.2) is 0 Å². The molecule has 0 radical (unpaired) electrons. The van der Waals surface area contributed by atoms with Crippen LogP contribution >= 0.6 is 0 Å². The normalized spacial score (nSPS) is 18.5. The first-order valence-electron chi connectivity index (χ1n) is 6.30. The largest absolute Gasteiger partial charge is 0.481 e. The number of anilines is 1. The Morgan fingerprint density at radius 1 is 1.48 bits per heavy atom. The lowest BCUT2D eigenvalue weighted by Crippen LogP contribution is -2.37. The highest BCUT2D eigenvalue weighted by Gasteiger charge is 2.36. The minimum atomic E-state index is -4.65. The van der Waals surface area contributed by atoms with E-state index in [1.165, 1.54) is 18.1 Å². The van der Waals surface area contributed by atoms with Crippen molar-refractivity contribution in [3.8, 4) is 5.88 Å². The molecular formula is C12H15F3N4O2. The quantitative estimate of drug-likeness (QED) is 0.906. The molecule has 1 N–H and O–H groups in total. The molecule has 1 aliphatic rings. The van der Waals surface area contributed by atoms with E-state index in [1.807, 2.05) is 0 Å². The third-order valence-corrected chi connectivity index (χ3v) is 3.12. The number of halogens is 3. The van der Waals surface area contributed by atoms with Gasteiger partial charge in [-0.15, -0.1) is 0 Å². The zero-order valence-corrected chi connectivity index (χ0v) is 11.6. The first kappa shape index (κ1) is 15.3. The smallest absolute Gasteiger partial charge is 0.451 e. The molecule has 0 aromatic carbocycles. The number of nitrogens with one attached hydrogen (secondary N) is 1. The second kappa shape index (κ2) is 5.74. The van der Waals surface area contributed by atoms with Gasteiger partial charge in [-0.05, 0) is 6.42 Å². The van der Waals surface area contributed by atoms with E-state index in [-0.39, 0.29) is 23.6 Å². The predicted octanol–water partition coefficient (Wildman–Crippen LogP) is 1.22. The molecule has 1 aliphatic heterocycles. The lowest BCUT2D eigenvalue weighted by molar-refractivity contribution is -0.145. The Morgan fingerprint density at radius 2 is 2.19 bits per heavy atom. The van der Waals surface area contributed by atoms with Crippen molar-refractivity contribution in [2.24, 2.45) is 0 Å². The fraction of sp³-hybridized carbons (Fsp3) is 0.583. The molecule has 1 amide bonds. The van der Waals surface area contributed by atoms with Crippen LogP contribution in [0.1, 0.15) is 18.7 Å². The molecule has 116 valence electrons. The second-order valence-corrected chi connectivity index (χ2v) is 4.77. The highest BCUT2D eigenvalue weighted by molar-refractivity contribution is 5.78. The number of amides is 1. The predicted molar refractivity (Wildman–Crippen MR) is 68.0 cm³/mol. The van der Waals surface area contributed by atoms with Gasteiger partial charge in [0.05, 0.1) is 7.11 Å². The average Bonchev–Trinajstić information content (AvgIpc) is 2.82. The number of rotatable bonds is 4. The highest BCUT2D eigenvalue weighted by atomic mass is 19.4. The van der Waals surface area contributed by atoms with E-state index in [4.69, 9.17) is 4.74 Å². The number of carbonyl (C=O) groups is 1. The minimum absolute atomic E-state index is 0.0513. The summed E-state index contributed by atoms with van der Waals surface area (Å²) < 4.78 is 43.0. The molecule has 0 spiro atoms. The zero-order chi connectivity index (χ0) is 15.6. The average molecular weight is 304 g/mol. The number of ether oxygens (including phenoxy) is 1. The van der Waals surface area contributed by atoms with Crippen molar-refractivity contribution in [1.29, 1.82) is 0 Å². The standard InChI is InChI=1S/C12H15F3N4O2/c1-19(6-7-3-4-9(20)16-7)8-5-10(21-2)18-11(17-8)12(13,14)15/h5,7H,3-4,6H2,1-2H3,(H,16,20)/t7-/m0/s1. The molecule has 1 aromatic rings. The maximum absolute atomic E-state index is 12.7.